The van der Waals surface area contributed by atoms with Gasteiger partial charge in [-0.3, -0.25) is 0 Å². The zero-order valence-electron chi connectivity index (χ0n) is 10.0. The second-order valence-electron chi connectivity index (χ2n) is 4.65. The number of nitrogens with two attached hydrogens (primary N) is 1. The van der Waals surface area contributed by atoms with E-state index < -0.39 is 5.82 Å². The standard InChI is InChI=1S/C12H14FN5/c1-2-7-6-11(7)18-12(15-16-17-18)8-3-4-10(14)9(13)5-8/h3-5,7,11H,2,6,14H2,1H3. The average Bonchev–Trinajstić information content (AvgIpc) is 3.00. The third-order valence-electron chi connectivity index (χ3n) is 3.48. The van der Waals surface area contributed by atoms with Crippen molar-refractivity contribution in [3.63, 3.8) is 0 Å². The van der Waals surface area contributed by atoms with Crippen LogP contribution in [0.3, 0.4) is 0 Å². The molecule has 2 unspecified atom stereocenters. The quantitative estimate of drug-likeness (QED) is 0.842. The molecular weight excluding hydrogens is 233 g/mol. The number of hydrogen-bond donors (Lipinski definition) is 1. The normalized spacial score (nSPS) is 22.1. The lowest BCUT2D eigenvalue weighted by atomic mass is 10.2. The number of rotatable bonds is 3. The first-order chi connectivity index (χ1) is 8.70. The molecule has 2 N–H and O–H groups in total. The molecule has 3 rings (SSSR count). The van der Waals surface area contributed by atoms with E-state index in [1.807, 2.05) is 0 Å². The fourth-order valence-corrected chi connectivity index (χ4v) is 2.24. The van der Waals surface area contributed by atoms with Crippen molar-refractivity contribution in [2.75, 3.05) is 5.73 Å². The van der Waals surface area contributed by atoms with Gasteiger partial charge in [-0.1, -0.05) is 13.3 Å². The molecule has 2 aromatic rings. The van der Waals surface area contributed by atoms with Crippen molar-refractivity contribution >= 4 is 5.69 Å². The Morgan fingerprint density at radius 2 is 2.33 bits per heavy atom. The first-order valence-corrected chi connectivity index (χ1v) is 6.04. The maximum absolute atomic E-state index is 13.5. The third kappa shape index (κ3) is 1.73. The Morgan fingerprint density at radius 1 is 1.50 bits per heavy atom. The number of aromatic nitrogens is 4. The Morgan fingerprint density at radius 3 is 3.00 bits per heavy atom. The Hall–Kier alpha value is -1.98. The van der Waals surface area contributed by atoms with Crippen molar-refractivity contribution in [1.29, 1.82) is 0 Å². The van der Waals surface area contributed by atoms with Gasteiger partial charge in [0.05, 0.1) is 11.7 Å². The minimum Gasteiger partial charge on any atom is -0.396 e. The molecule has 94 valence electrons. The summed E-state index contributed by atoms with van der Waals surface area (Å²) in [6, 6.07) is 5.00. The highest BCUT2D eigenvalue weighted by Gasteiger charge is 2.39. The van der Waals surface area contributed by atoms with Crippen LogP contribution >= 0.6 is 0 Å². The SMILES string of the molecule is CCC1CC1n1nnnc1-c1ccc(N)c(F)c1. The van der Waals surface area contributed by atoms with Crippen LogP contribution in [0.25, 0.3) is 11.4 Å². The molecule has 1 heterocycles. The first kappa shape index (κ1) is 11.1. The van der Waals surface area contributed by atoms with Gasteiger partial charge in [-0.25, -0.2) is 9.07 Å². The summed E-state index contributed by atoms with van der Waals surface area (Å²) in [7, 11) is 0. The lowest BCUT2D eigenvalue weighted by Gasteiger charge is -2.04. The monoisotopic (exact) mass is 247 g/mol. The van der Waals surface area contributed by atoms with Gasteiger partial charge in [0, 0.05) is 5.56 Å². The number of halogens is 1. The molecule has 0 aliphatic heterocycles. The summed E-state index contributed by atoms with van der Waals surface area (Å²) in [6.07, 6.45) is 2.20. The van der Waals surface area contributed by atoms with Crippen LogP contribution in [-0.4, -0.2) is 20.2 Å². The second-order valence-corrected chi connectivity index (χ2v) is 4.65. The molecule has 1 fully saturated rings. The molecule has 0 spiro atoms. The van der Waals surface area contributed by atoms with E-state index in [9.17, 15) is 4.39 Å². The van der Waals surface area contributed by atoms with Gasteiger partial charge < -0.3 is 5.73 Å². The maximum atomic E-state index is 13.5. The molecule has 1 aliphatic rings. The van der Waals surface area contributed by atoms with E-state index in [1.54, 1.807) is 10.7 Å². The van der Waals surface area contributed by atoms with E-state index in [-0.39, 0.29) is 5.69 Å². The topological polar surface area (TPSA) is 69.6 Å². The number of anilines is 1. The van der Waals surface area contributed by atoms with Crippen molar-refractivity contribution in [2.45, 2.75) is 25.8 Å². The largest absolute Gasteiger partial charge is 0.396 e. The first-order valence-electron chi connectivity index (χ1n) is 6.04. The van der Waals surface area contributed by atoms with E-state index in [1.165, 1.54) is 12.1 Å². The van der Waals surface area contributed by atoms with Crippen LogP contribution in [0, 0.1) is 11.7 Å². The Balaban J connectivity index is 1.97. The number of nitrogen functional groups attached to an aromatic ring is 1. The molecule has 1 saturated carbocycles. The van der Waals surface area contributed by atoms with E-state index >= 15 is 0 Å². The second kappa shape index (κ2) is 4.04. The fraction of sp³-hybridized carbons (Fsp3) is 0.417. The molecule has 6 heteroatoms. The van der Waals surface area contributed by atoms with Crippen LogP contribution in [0.5, 0.6) is 0 Å². The highest BCUT2D eigenvalue weighted by Crippen LogP contribution is 2.46. The molecule has 1 aromatic carbocycles. The van der Waals surface area contributed by atoms with Gasteiger partial charge in [-0.05, 0) is 41.0 Å². The number of tetrazole rings is 1. The summed E-state index contributed by atoms with van der Waals surface area (Å²) < 4.78 is 15.3. The number of hydrogen-bond acceptors (Lipinski definition) is 4. The van der Waals surface area contributed by atoms with Crippen LogP contribution in [0.15, 0.2) is 18.2 Å². The highest BCUT2D eigenvalue weighted by molar-refractivity contribution is 5.59. The Kier molecular flexibility index (Phi) is 2.50. The van der Waals surface area contributed by atoms with E-state index in [0.29, 0.717) is 23.3 Å². The molecule has 5 nitrogen and oxygen atoms in total. The smallest absolute Gasteiger partial charge is 0.182 e. The summed E-state index contributed by atoms with van der Waals surface area (Å²) in [5, 5.41) is 11.7. The lowest BCUT2D eigenvalue weighted by molar-refractivity contribution is 0.563. The summed E-state index contributed by atoms with van der Waals surface area (Å²) in [4.78, 5) is 0. The van der Waals surface area contributed by atoms with E-state index in [4.69, 9.17) is 5.73 Å². The summed E-state index contributed by atoms with van der Waals surface area (Å²) in [6.45, 7) is 2.15. The molecule has 0 bridgehead atoms. The van der Waals surface area contributed by atoms with Crippen molar-refractivity contribution < 1.29 is 4.39 Å². The molecular formula is C12H14FN5. The van der Waals surface area contributed by atoms with Gasteiger partial charge in [0.15, 0.2) is 5.82 Å². The van der Waals surface area contributed by atoms with Crippen molar-refractivity contribution in [3.8, 4) is 11.4 Å². The van der Waals surface area contributed by atoms with Gasteiger partial charge in [0.2, 0.25) is 0 Å². The Bertz CT molecular complexity index is 580. The fourth-order valence-electron chi connectivity index (χ4n) is 2.24. The zero-order valence-corrected chi connectivity index (χ0v) is 10.0. The van der Waals surface area contributed by atoms with Crippen LogP contribution < -0.4 is 5.73 Å². The Labute approximate surface area is 104 Å². The van der Waals surface area contributed by atoms with Gasteiger partial charge in [-0.2, -0.15) is 0 Å². The predicted octanol–water partition coefficient (Wildman–Crippen LogP) is 2.03. The molecule has 18 heavy (non-hydrogen) atoms. The van der Waals surface area contributed by atoms with Crippen molar-refractivity contribution in [1.82, 2.24) is 20.2 Å². The summed E-state index contributed by atoms with van der Waals surface area (Å²) in [5.74, 6) is 0.797. The summed E-state index contributed by atoms with van der Waals surface area (Å²) in [5.41, 5.74) is 6.26. The minimum absolute atomic E-state index is 0.135. The van der Waals surface area contributed by atoms with E-state index in [2.05, 4.69) is 22.4 Å². The average molecular weight is 247 g/mol. The number of benzene rings is 1. The van der Waals surface area contributed by atoms with Crippen LogP contribution in [0.1, 0.15) is 25.8 Å². The third-order valence-corrected chi connectivity index (χ3v) is 3.48. The van der Waals surface area contributed by atoms with Gasteiger partial charge >= 0.3 is 0 Å². The van der Waals surface area contributed by atoms with E-state index in [0.717, 1.165) is 12.8 Å². The zero-order chi connectivity index (χ0) is 12.7. The van der Waals surface area contributed by atoms with Crippen molar-refractivity contribution in [2.24, 2.45) is 5.92 Å². The van der Waals surface area contributed by atoms with Gasteiger partial charge in [0.1, 0.15) is 5.82 Å². The molecule has 1 aromatic heterocycles. The minimum atomic E-state index is -0.440. The molecule has 0 radical (unpaired) electrons. The molecule has 0 saturated heterocycles. The lowest BCUT2D eigenvalue weighted by Crippen LogP contribution is -2.02. The van der Waals surface area contributed by atoms with Crippen LogP contribution in [0.4, 0.5) is 10.1 Å². The maximum Gasteiger partial charge on any atom is 0.182 e. The molecule has 0 amide bonds. The van der Waals surface area contributed by atoms with Crippen LogP contribution in [-0.2, 0) is 0 Å². The highest BCUT2D eigenvalue weighted by atomic mass is 19.1. The van der Waals surface area contributed by atoms with Crippen LogP contribution in [0.2, 0.25) is 0 Å². The van der Waals surface area contributed by atoms with Gasteiger partial charge in [0.25, 0.3) is 0 Å². The van der Waals surface area contributed by atoms with Crippen molar-refractivity contribution in [3.05, 3.63) is 24.0 Å². The molecule has 2 atom stereocenters. The molecule has 1 aliphatic carbocycles. The van der Waals surface area contributed by atoms with Gasteiger partial charge in [-0.15, -0.1) is 5.10 Å². The predicted molar refractivity (Wildman–Crippen MR) is 65.1 cm³/mol. The summed E-state index contributed by atoms with van der Waals surface area (Å²) >= 11 is 0. The number of nitrogens with zero attached hydrogens (tertiary/aromatic N) is 4.